The van der Waals surface area contributed by atoms with Crippen LogP contribution in [-0.4, -0.2) is 22.7 Å². The molecular formula is C15H23NO3S. The lowest BCUT2D eigenvalue weighted by Gasteiger charge is -2.39. The second kappa shape index (κ2) is 6.22. The Bertz CT molecular complexity index is 444. The Hall–Kier alpha value is -0.940. The van der Waals surface area contributed by atoms with Crippen molar-refractivity contribution in [2.45, 2.75) is 45.6 Å². The first-order valence-corrected chi connectivity index (χ1v) is 8.13. The maximum absolute atomic E-state index is 11.9. The second-order valence-electron chi connectivity index (χ2n) is 5.83. The topological polar surface area (TPSA) is 59.4 Å². The molecule has 0 aliphatic heterocycles. The van der Waals surface area contributed by atoms with Gasteiger partial charge in [-0.2, -0.15) is 0 Å². The second-order valence-corrected chi connectivity index (χ2v) is 6.73. The highest BCUT2D eigenvalue weighted by atomic mass is 32.1. The average Bonchev–Trinajstić information content (AvgIpc) is 2.93. The number of nitrogens with zero attached hydrogens (tertiary/aromatic N) is 1. The van der Waals surface area contributed by atoms with Crippen LogP contribution in [0.15, 0.2) is 11.6 Å². The van der Waals surface area contributed by atoms with E-state index < -0.39 is 5.60 Å². The van der Waals surface area contributed by atoms with Crippen LogP contribution in [0.25, 0.3) is 0 Å². The van der Waals surface area contributed by atoms with E-state index in [1.54, 1.807) is 6.20 Å². The van der Waals surface area contributed by atoms with Crippen LogP contribution in [0.4, 0.5) is 0 Å². The monoisotopic (exact) mass is 297 g/mol. The van der Waals surface area contributed by atoms with Gasteiger partial charge in [-0.15, -0.1) is 11.3 Å². The van der Waals surface area contributed by atoms with Gasteiger partial charge in [-0.1, -0.05) is 6.92 Å². The van der Waals surface area contributed by atoms with Gasteiger partial charge in [-0.05, 0) is 44.9 Å². The van der Waals surface area contributed by atoms with E-state index >= 15 is 0 Å². The summed E-state index contributed by atoms with van der Waals surface area (Å²) < 4.78 is 5.13. The Balaban J connectivity index is 2.04. The minimum atomic E-state index is -0.901. The minimum absolute atomic E-state index is 0.0294. The Morgan fingerprint density at radius 2 is 2.35 bits per heavy atom. The first-order valence-electron chi connectivity index (χ1n) is 7.25. The molecule has 0 aromatic carbocycles. The molecule has 5 heteroatoms. The summed E-state index contributed by atoms with van der Waals surface area (Å²) >= 11 is 1.49. The smallest absolute Gasteiger partial charge is 0.309 e. The number of carbonyl (C=O) groups is 1. The van der Waals surface area contributed by atoms with Gasteiger partial charge in [0.15, 0.2) is 0 Å². The highest BCUT2D eigenvalue weighted by Gasteiger charge is 2.42. The Morgan fingerprint density at radius 3 is 2.90 bits per heavy atom. The van der Waals surface area contributed by atoms with Crippen LogP contribution in [0.5, 0.6) is 0 Å². The van der Waals surface area contributed by atoms with E-state index in [2.05, 4.69) is 11.9 Å². The lowest BCUT2D eigenvalue weighted by atomic mass is 9.69. The van der Waals surface area contributed by atoms with Crippen LogP contribution in [-0.2, 0) is 15.1 Å². The zero-order valence-corrected chi connectivity index (χ0v) is 13.2. The zero-order valence-electron chi connectivity index (χ0n) is 12.3. The molecule has 1 heterocycles. The number of carbonyl (C=O) groups excluding carboxylic acids is 1. The first-order chi connectivity index (χ1) is 9.46. The quantitative estimate of drug-likeness (QED) is 0.868. The van der Waals surface area contributed by atoms with Crippen LogP contribution in [0.1, 0.15) is 45.0 Å². The molecule has 1 N–H and O–H groups in total. The number of esters is 1. The van der Waals surface area contributed by atoms with Crippen molar-refractivity contribution in [3.05, 3.63) is 16.6 Å². The maximum atomic E-state index is 11.9. The Labute approximate surface area is 124 Å². The summed E-state index contributed by atoms with van der Waals surface area (Å²) in [4.78, 5) is 16.1. The molecule has 0 bridgehead atoms. The van der Waals surface area contributed by atoms with Crippen molar-refractivity contribution >= 4 is 17.3 Å². The molecule has 4 atom stereocenters. The Morgan fingerprint density at radius 1 is 1.60 bits per heavy atom. The van der Waals surface area contributed by atoms with Gasteiger partial charge in [-0.3, -0.25) is 4.79 Å². The highest BCUT2D eigenvalue weighted by Crippen LogP contribution is 2.44. The van der Waals surface area contributed by atoms with Gasteiger partial charge in [0.1, 0.15) is 10.6 Å². The summed E-state index contributed by atoms with van der Waals surface area (Å²) in [5, 5.41) is 13.4. The fourth-order valence-electron chi connectivity index (χ4n) is 3.15. The molecule has 1 aliphatic rings. The van der Waals surface area contributed by atoms with E-state index in [1.807, 2.05) is 19.2 Å². The predicted molar refractivity (Wildman–Crippen MR) is 78.3 cm³/mol. The molecular weight excluding hydrogens is 274 g/mol. The van der Waals surface area contributed by atoms with Gasteiger partial charge in [0.2, 0.25) is 0 Å². The van der Waals surface area contributed by atoms with Gasteiger partial charge in [0, 0.05) is 11.6 Å². The van der Waals surface area contributed by atoms with Crippen molar-refractivity contribution in [1.82, 2.24) is 4.98 Å². The van der Waals surface area contributed by atoms with Crippen molar-refractivity contribution in [3.8, 4) is 0 Å². The third-order valence-corrected chi connectivity index (χ3v) is 5.42. The van der Waals surface area contributed by atoms with Crippen LogP contribution >= 0.6 is 11.3 Å². The summed E-state index contributed by atoms with van der Waals surface area (Å²) in [6.45, 7) is 6.18. The van der Waals surface area contributed by atoms with Gasteiger partial charge in [-0.25, -0.2) is 4.98 Å². The standard InChI is InChI=1S/C15H23NO3S/c1-4-19-13(17)12-6-5-11(9-10(12)2)15(3,18)14-16-7-8-20-14/h7-8,10-12,18H,4-6,9H2,1-3H3/t10-,11-,12+,15+/m0/s1. The van der Waals surface area contributed by atoms with Crippen LogP contribution in [0.2, 0.25) is 0 Å². The third kappa shape index (κ3) is 3.04. The molecule has 1 fully saturated rings. The van der Waals surface area contributed by atoms with Crippen LogP contribution in [0.3, 0.4) is 0 Å². The zero-order chi connectivity index (χ0) is 14.8. The average molecular weight is 297 g/mol. The molecule has 0 amide bonds. The molecule has 2 rings (SSSR count). The van der Waals surface area contributed by atoms with E-state index in [1.165, 1.54) is 11.3 Å². The normalized spacial score (nSPS) is 29.7. The van der Waals surface area contributed by atoms with Crippen LogP contribution < -0.4 is 0 Å². The molecule has 0 unspecified atom stereocenters. The van der Waals surface area contributed by atoms with Crippen molar-refractivity contribution < 1.29 is 14.6 Å². The minimum Gasteiger partial charge on any atom is -0.466 e. The van der Waals surface area contributed by atoms with E-state index in [9.17, 15) is 9.90 Å². The van der Waals surface area contributed by atoms with Crippen LogP contribution in [0, 0.1) is 17.8 Å². The van der Waals surface area contributed by atoms with E-state index in [0.29, 0.717) is 6.61 Å². The molecule has 1 saturated carbocycles. The molecule has 0 spiro atoms. The fourth-order valence-corrected chi connectivity index (χ4v) is 3.93. The lowest BCUT2D eigenvalue weighted by molar-refractivity contribution is -0.153. The third-order valence-electron chi connectivity index (χ3n) is 4.42. The highest BCUT2D eigenvalue weighted by molar-refractivity contribution is 7.09. The SMILES string of the molecule is CCOC(=O)[C@@H]1CC[C@H]([C@@](C)(O)c2nccs2)C[C@@H]1C. The predicted octanol–water partition coefficient (Wildman–Crippen LogP) is 2.97. The van der Waals surface area contributed by atoms with Crippen molar-refractivity contribution in [3.63, 3.8) is 0 Å². The molecule has 1 aromatic rings. The fraction of sp³-hybridized carbons (Fsp3) is 0.733. The number of aromatic nitrogens is 1. The largest absolute Gasteiger partial charge is 0.466 e. The number of thiazole rings is 1. The number of hydrogen-bond donors (Lipinski definition) is 1. The van der Waals surface area contributed by atoms with Gasteiger partial charge in [0.05, 0.1) is 12.5 Å². The number of ether oxygens (including phenoxy) is 1. The summed E-state index contributed by atoms with van der Waals surface area (Å²) in [6.07, 6.45) is 4.17. The van der Waals surface area contributed by atoms with E-state index in [0.717, 1.165) is 24.3 Å². The lowest BCUT2D eigenvalue weighted by Crippen LogP contribution is -2.39. The molecule has 1 aromatic heterocycles. The summed E-state index contributed by atoms with van der Waals surface area (Å²) in [7, 11) is 0. The first kappa shape index (κ1) is 15.4. The summed E-state index contributed by atoms with van der Waals surface area (Å²) in [5.74, 6) is 0.263. The van der Waals surface area contributed by atoms with Crippen molar-refractivity contribution in [2.24, 2.45) is 17.8 Å². The van der Waals surface area contributed by atoms with Gasteiger partial charge in [0.25, 0.3) is 0 Å². The number of aliphatic hydroxyl groups is 1. The van der Waals surface area contributed by atoms with Gasteiger partial charge < -0.3 is 9.84 Å². The van der Waals surface area contributed by atoms with Crippen molar-refractivity contribution in [1.29, 1.82) is 0 Å². The van der Waals surface area contributed by atoms with Crippen molar-refractivity contribution in [2.75, 3.05) is 6.61 Å². The van der Waals surface area contributed by atoms with Gasteiger partial charge >= 0.3 is 5.97 Å². The Kier molecular flexibility index (Phi) is 4.81. The molecule has 0 saturated heterocycles. The number of hydrogen-bond acceptors (Lipinski definition) is 5. The maximum Gasteiger partial charge on any atom is 0.309 e. The molecule has 4 nitrogen and oxygen atoms in total. The molecule has 20 heavy (non-hydrogen) atoms. The molecule has 112 valence electrons. The molecule has 1 aliphatic carbocycles. The van der Waals surface area contributed by atoms with E-state index in [-0.39, 0.29) is 23.7 Å². The number of rotatable bonds is 4. The van der Waals surface area contributed by atoms with E-state index in [4.69, 9.17) is 4.74 Å². The summed E-state index contributed by atoms with van der Waals surface area (Å²) in [5.41, 5.74) is -0.901. The molecule has 0 radical (unpaired) electrons. The summed E-state index contributed by atoms with van der Waals surface area (Å²) in [6, 6.07) is 0.